The third-order valence-electron chi connectivity index (χ3n) is 5.52. The highest BCUT2D eigenvalue weighted by Crippen LogP contribution is 2.31. The van der Waals surface area contributed by atoms with Crippen molar-refractivity contribution in [1.29, 1.82) is 0 Å². The molecule has 0 radical (unpaired) electrons. The van der Waals surface area contributed by atoms with Gasteiger partial charge in [0.15, 0.2) is 11.6 Å². The molecule has 4 heteroatoms. The summed E-state index contributed by atoms with van der Waals surface area (Å²) in [6, 6.07) is 23.8. The predicted molar refractivity (Wildman–Crippen MR) is 120 cm³/mol. The molecule has 0 saturated carbocycles. The van der Waals surface area contributed by atoms with Crippen molar-refractivity contribution < 1.29 is 14.4 Å². The lowest BCUT2D eigenvalue weighted by Crippen LogP contribution is -2.28. The van der Waals surface area contributed by atoms with Gasteiger partial charge in [0, 0.05) is 28.7 Å². The number of ketones is 2. The van der Waals surface area contributed by atoms with Gasteiger partial charge in [-0.2, -0.15) is 0 Å². The van der Waals surface area contributed by atoms with E-state index >= 15 is 0 Å². The molecule has 4 nitrogen and oxygen atoms in total. The second-order valence-corrected chi connectivity index (χ2v) is 7.41. The Labute approximate surface area is 179 Å². The fraction of sp³-hybridized carbons (Fsp3) is 0.0370. The molecule has 2 aliphatic carbocycles. The molecular formula is C27H17NO3. The molecule has 0 atom stereocenters. The average Bonchev–Trinajstić information content (AvgIpc) is 2.83. The highest BCUT2D eigenvalue weighted by atomic mass is 16.1. The first kappa shape index (κ1) is 18.8. The van der Waals surface area contributed by atoms with Crippen LogP contribution in [0.2, 0.25) is 0 Å². The minimum Gasteiger partial charge on any atom is -0.289 e. The van der Waals surface area contributed by atoms with Crippen molar-refractivity contribution in [1.82, 2.24) is 0 Å². The minimum atomic E-state index is -0.434. The first-order valence-electron chi connectivity index (χ1n) is 10.0. The average molecular weight is 403 g/mol. The zero-order valence-electron chi connectivity index (χ0n) is 16.5. The summed E-state index contributed by atoms with van der Waals surface area (Å²) in [5.74, 6) is -0.912. The van der Waals surface area contributed by atoms with Gasteiger partial charge >= 0.3 is 0 Å². The molecule has 1 amide bonds. The first-order chi connectivity index (χ1) is 15.1. The molecule has 3 aromatic rings. The second kappa shape index (κ2) is 7.58. The van der Waals surface area contributed by atoms with Crippen molar-refractivity contribution in [2.45, 2.75) is 6.42 Å². The Hall–Kier alpha value is -4.18. The van der Waals surface area contributed by atoms with Gasteiger partial charge in [0.25, 0.3) is 5.91 Å². The van der Waals surface area contributed by atoms with Gasteiger partial charge in [0.1, 0.15) is 0 Å². The van der Waals surface area contributed by atoms with Crippen molar-refractivity contribution >= 4 is 23.2 Å². The van der Waals surface area contributed by atoms with Crippen molar-refractivity contribution in [3.8, 4) is 11.1 Å². The molecule has 0 bridgehead atoms. The molecular weight excluding hydrogens is 386 g/mol. The van der Waals surface area contributed by atoms with E-state index in [-0.39, 0.29) is 17.1 Å². The van der Waals surface area contributed by atoms with Crippen molar-refractivity contribution in [3.05, 3.63) is 119 Å². The van der Waals surface area contributed by atoms with Gasteiger partial charge in [-0.3, -0.25) is 14.4 Å². The van der Waals surface area contributed by atoms with E-state index in [0.29, 0.717) is 34.4 Å². The van der Waals surface area contributed by atoms with Crippen LogP contribution in [0.4, 0.5) is 0 Å². The fourth-order valence-electron chi connectivity index (χ4n) is 3.96. The predicted octanol–water partition coefficient (Wildman–Crippen LogP) is 5.27. The van der Waals surface area contributed by atoms with E-state index < -0.39 is 5.91 Å². The number of Topliss-reactive ketones (excluding diaryl/α,β-unsaturated/α-hetero) is 2. The number of amides is 1. The Bertz CT molecular complexity index is 1330. The molecule has 3 aromatic carbocycles. The van der Waals surface area contributed by atoms with Gasteiger partial charge in [0.2, 0.25) is 0 Å². The summed E-state index contributed by atoms with van der Waals surface area (Å²) in [6.45, 7) is 0. The standard InChI is InChI=1S/C27H17NO3/c29-25-20-9-4-5-10-21(20)26(30)24-22(25)11-6-12-23(24)28-27(31)19-15-13-18(14-16-19)17-7-2-1-3-8-17/h1-11,13-16H,12H2. The Kier molecular flexibility index (Phi) is 4.60. The number of carbonyl (C=O) groups excluding carboxylic acids is 3. The fourth-order valence-corrected chi connectivity index (χ4v) is 3.96. The van der Waals surface area contributed by atoms with E-state index in [4.69, 9.17) is 0 Å². The summed E-state index contributed by atoms with van der Waals surface area (Å²) in [4.78, 5) is 43.0. The molecule has 148 valence electrons. The number of hydrogen-bond donors (Lipinski definition) is 0. The molecule has 0 N–H and O–H groups in total. The maximum Gasteiger partial charge on any atom is 0.277 e. The number of allylic oxidation sites excluding steroid dienone is 4. The topological polar surface area (TPSA) is 63.6 Å². The van der Waals surface area contributed by atoms with Crippen LogP contribution in [0.3, 0.4) is 0 Å². The molecule has 0 aliphatic heterocycles. The number of fused-ring (bicyclic) bond motifs is 1. The minimum absolute atomic E-state index is 0.214. The first-order valence-corrected chi connectivity index (χ1v) is 10.0. The van der Waals surface area contributed by atoms with E-state index in [1.54, 1.807) is 48.6 Å². The highest BCUT2D eigenvalue weighted by Gasteiger charge is 2.34. The van der Waals surface area contributed by atoms with Gasteiger partial charge in [-0.25, -0.2) is 4.99 Å². The van der Waals surface area contributed by atoms with Crippen LogP contribution in [0.25, 0.3) is 11.1 Å². The lowest BCUT2D eigenvalue weighted by molar-refractivity contribution is 0.0980. The summed E-state index contributed by atoms with van der Waals surface area (Å²) in [5.41, 5.74) is 4.11. The van der Waals surface area contributed by atoms with Crippen LogP contribution < -0.4 is 0 Å². The Morgan fingerprint density at radius 2 is 1.32 bits per heavy atom. The van der Waals surface area contributed by atoms with Crippen LogP contribution in [-0.2, 0) is 0 Å². The zero-order chi connectivity index (χ0) is 21.4. The quantitative estimate of drug-likeness (QED) is 0.585. The summed E-state index contributed by atoms with van der Waals surface area (Å²) in [7, 11) is 0. The number of hydrogen-bond acceptors (Lipinski definition) is 3. The summed E-state index contributed by atoms with van der Waals surface area (Å²) in [5, 5.41) is 0. The second-order valence-electron chi connectivity index (χ2n) is 7.41. The molecule has 0 spiro atoms. The summed E-state index contributed by atoms with van der Waals surface area (Å²) >= 11 is 0. The van der Waals surface area contributed by atoms with Crippen molar-refractivity contribution in [2.24, 2.45) is 4.99 Å². The lowest BCUT2D eigenvalue weighted by Gasteiger charge is -2.22. The summed E-state index contributed by atoms with van der Waals surface area (Å²) < 4.78 is 0. The number of rotatable bonds is 2. The van der Waals surface area contributed by atoms with E-state index in [9.17, 15) is 14.4 Å². The molecule has 2 aliphatic rings. The maximum absolute atomic E-state index is 13.1. The Morgan fingerprint density at radius 1 is 0.710 bits per heavy atom. The van der Waals surface area contributed by atoms with Gasteiger partial charge in [-0.15, -0.1) is 0 Å². The van der Waals surface area contributed by atoms with Gasteiger partial charge in [0.05, 0.1) is 11.3 Å². The number of nitrogens with zero attached hydrogens (tertiary/aromatic N) is 1. The number of aliphatic imine (C=N–C) groups is 1. The summed E-state index contributed by atoms with van der Waals surface area (Å²) in [6.07, 6.45) is 3.75. The van der Waals surface area contributed by atoms with E-state index in [2.05, 4.69) is 4.99 Å². The molecule has 0 aromatic heterocycles. The third-order valence-corrected chi connectivity index (χ3v) is 5.52. The van der Waals surface area contributed by atoms with E-state index in [1.807, 2.05) is 42.5 Å². The SMILES string of the molecule is O=C(N=C1CC=CC2=C1C(=O)c1ccccc1C2=O)c1ccc(-c2ccccc2)cc1. The van der Waals surface area contributed by atoms with Crippen LogP contribution >= 0.6 is 0 Å². The Balaban J connectivity index is 1.48. The van der Waals surface area contributed by atoms with Crippen LogP contribution in [0.5, 0.6) is 0 Å². The van der Waals surface area contributed by atoms with Crippen molar-refractivity contribution in [2.75, 3.05) is 0 Å². The molecule has 0 saturated heterocycles. The Morgan fingerprint density at radius 3 is 2.03 bits per heavy atom. The number of carbonyl (C=O) groups is 3. The molecule has 0 fully saturated rings. The molecule has 5 rings (SSSR count). The number of benzene rings is 3. The monoisotopic (exact) mass is 403 g/mol. The molecule has 31 heavy (non-hydrogen) atoms. The van der Waals surface area contributed by atoms with E-state index in [0.717, 1.165) is 11.1 Å². The highest BCUT2D eigenvalue weighted by molar-refractivity contribution is 6.39. The van der Waals surface area contributed by atoms with E-state index in [1.165, 1.54) is 0 Å². The van der Waals surface area contributed by atoms with Crippen LogP contribution in [-0.4, -0.2) is 23.2 Å². The normalized spacial score (nSPS) is 16.3. The zero-order valence-corrected chi connectivity index (χ0v) is 16.5. The van der Waals surface area contributed by atoms with Crippen LogP contribution in [0.15, 0.2) is 107 Å². The van der Waals surface area contributed by atoms with Gasteiger partial charge in [-0.05, 0) is 23.3 Å². The smallest absolute Gasteiger partial charge is 0.277 e. The van der Waals surface area contributed by atoms with Gasteiger partial charge in [-0.1, -0.05) is 78.9 Å². The van der Waals surface area contributed by atoms with Crippen LogP contribution in [0.1, 0.15) is 37.5 Å². The third kappa shape index (κ3) is 3.28. The van der Waals surface area contributed by atoms with Gasteiger partial charge < -0.3 is 0 Å². The largest absolute Gasteiger partial charge is 0.289 e. The molecule has 0 heterocycles. The maximum atomic E-state index is 13.1. The lowest BCUT2D eigenvalue weighted by atomic mass is 9.79. The van der Waals surface area contributed by atoms with Crippen molar-refractivity contribution in [3.63, 3.8) is 0 Å². The molecule has 0 unspecified atom stereocenters. The van der Waals surface area contributed by atoms with Crippen LogP contribution in [0, 0.1) is 0 Å².